The zero-order valence-corrected chi connectivity index (χ0v) is 18.3. The quantitative estimate of drug-likeness (QED) is 0.279. The van der Waals surface area contributed by atoms with Crippen LogP contribution in [0.15, 0.2) is 84.5 Å². The number of carbonyl (C=O) groups excluding carboxylic acids is 2. The summed E-state index contributed by atoms with van der Waals surface area (Å²) < 4.78 is 17.4. The van der Waals surface area contributed by atoms with E-state index in [1.54, 1.807) is 25.2 Å². The Morgan fingerprint density at radius 1 is 0.871 bits per heavy atom. The highest BCUT2D eigenvalue weighted by Gasteiger charge is 2.23. The monoisotopic (exact) mass is 422 g/mol. The fourth-order valence-corrected chi connectivity index (χ4v) is 2.76. The molecule has 0 aromatic heterocycles. The second kappa shape index (κ2) is 13.3. The van der Waals surface area contributed by atoms with E-state index in [9.17, 15) is 9.59 Å². The highest BCUT2D eigenvalue weighted by atomic mass is 16.6. The number of rotatable bonds is 12. The van der Waals surface area contributed by atoms with Gasteiger partial charge in [0.25, 0.3) is 0 Å². The fourth-order valence-electron chi connectivity index (χ4n) is 2.76. The van der Waals surface area contributed by atoms with Crippen LogP contribution in [0, 0.1) is 0 Å². The van der Waals surface area contributed by atoms with Crippen molar-refractivity contribution in [1.82, 2.24) is 0 Å². The van der Waals surface area contributed by atoms with E-state index >= 15 is 0 Å². The van der Waals surface area contributed by atoms with Crippen molar-refractivity contribution in [3.8, 4) is 0 Å². The highest BCUT2D eigenvalue weighted by molar-refractivity contribution is 5.92. The third-order valence-corrected chi connectivity index (χ3v) is 4.57. The van der Waals surface area contributed by atoms with Crippen molar-refractivity contribution >= 4 is 11.8 Å². The maximum atomic E-state index is 11.7. The molecule has 0 aliphatic heterocycles. The number of hydrogen-bond donors (Lipinski definition) is 0. The SMILES string of the molecule is CC(=O)O[C@@H](COCc1ccccc1)[C@@H](/C=C/C=C(\C)C(C)=O)OCc1ccccc1. The smallest absolute Gasteiger partial charge is 0.303 e. The summed E-state index contributed by atoms with van der Waals surface area (Å²) in [6.07, 6.45) is 4.08. The van der Waals surface area contributed by atoms with Crippen LogP contribution in [0.3, 0.4) is 0 Å². The highest BCUT2D eigenvalue weighted by Crippen LogP contribution is 2.13. The van der Waals surface area contributed by atoms with Gasteiger partial charge in [-0.1, -0.05) is 78.9 Å². The Labute approximate surface area is 184 Å². The average molecular weight is 423 g/mol. The molecule has 0 N–H and O–H groups in total. The van der Waals surface area contributed by atoms with Gasteiger partial charge in [0.15, 0.2) is 11.9 Å². The van der Waals surface area contributed by atoms with Crippen LogP contribution >= 0.6 is 0 Å². The summed E-state index contributed by atoms with van der Waals surface area (Å²) in [5, 5.41) is 0. The molecule has 0 unspecified atom stereocenters. The van der Waals surface area contributed by atoms with Gasteiger partial charge in [0.05, 0.1) is 19.8 Å². The molecule has 5 heteroatoms. The molecule has 0 saturated heterocycles. The van der Waals surface area contributed by atoms with E-state index in [2.05, 4.69) is 0 Å². The van der Waals surface area contributed by atoms with E-state index in [0.717, 1.165) is 11.1 Å². The number of Topliss-reactive ketones (excluding diaryl/α,β-unsaturated/α-hetero) is 1. The Bertz CT molecular complexity index is 871. The Hall–Kier alpha value is -3.02. The summed E-state index contributed by atoms with van der Waals surface area (Å²) in [5.74, 6) is -0.417. The summed E-state index contributed by atoms with van der Waals surface area (Å²) in [6, 6.07) is 19.5. The normalized spacial score (nSPS) is 13.7. The van der Waals surface area contributed by atoms with Gasteiger partial charge in [-0.2, -0.15) is 0 Å². The molecular formula is C26H30O5. The molecule has 164 valence electrons. The first-order valence-corrected chi connectivity index (χ1v) is 10.3. The molecule has 0 fully saturated rings. The fraction of sp³-hybridized carbons (Fsp3) is 0.308. The molecule has 5 nitrogen and oxygen atoms in total. The van der Waals surface area contributed by atoms with Crippen LogP contribution in [0.25, 0.3) is 0 Å². The first-order valence-electron chi connectivity index (χ1n) is 10.3. The van der Waals surface area contributed by atoms with Crippen LogP contribution in [0.1, 0.15) is 31.9 Å². The predicted octanol–water partition coefficient (Wildman–Crippen LogP) is 4.81. The second-order valence-corrected chi connectivity index (χ2v) is 7.20. The van der Waals surface area contributed by atoms with Gasteiger partial charge in [-0.05, 0) is 30.5 Å². The molecule has 0 aliphatic carbocycles. The summed E-state index contributed by atoms with van der Waals surface area (Å²) >= 11 is 0. The van der Waals surface area contributed by atoms with Crippen molar-refractivity contribution < 1.29 is 23.8 Å². The molecule has 0 saturated carbocycles. The minimum Gasteiger partial charge on any atom is -0.457 e. The molecule has 0 bridgehead atoms. The van der Waals surface area contributed by atoms with Gasteiger partial charge >= 0.3 is 5.97 Å². The van der Waals surface area contributed by atoms with E-state index < -0.39 is 18.2 Å². The lowest BCUT2D eigenvalue weighted by Gasteiger charge is -2.25. The topological polar surface area (TPSA) is 61.8 Å². The lowest BCUT2D eigenvalue weighted by molar-refractivity contribution is -0.158. The van der Waals surface area contributed by atoms with E-state index in [1.165, 1.54) is 13.8 Å². The van der Waals surface area contributed by atoms with Gasteiger partial charge in [-0.25, -0.2) is 0 Å². The van der Waals surface area contributed by atoms with Crippen molar-refractivity contribution in [3.63, 3.8) is 0 Å². The first kappa shape index (κ1) is 24.3. The zero-order valence-electron chi connectivity index (χ0n) is 18.3. The molecular weight excluding hydrogens is 392 g/mol. The van der Waals surface area contributed by atoms with Gasteiger partial charge in [-0.3, -0.25) is 9.59 Å². The van der Waals surface area contributed by atoms with Crippen LogP contribution in [0.5, 0.6) is 0 Å². The Balaban J connectivity index is 2.12. The van der Waals surface area contributed by atoms with Gasteiger partial charge < -0.3 is 14.2 Å². The molecule has 0 radical (unpaired) electrons. The summed E-state index contributed by atoms with van der Waals surface area (Å²) in [4.78, 5) is 23.2. The molecule has 31 heavy (non-hydrogen) atoms. The summed E-state index contributed by atoms with van der Waals surface area (Å²) in [7, 11) is 0. The second-order valence-electron chi connectivity index (χ2n) is 7.20. The molecule has 0 heterocycles. The van der Waals surface area contributed by atoms with Crippen LogP contribution in [0.2, 0.25) is 0 Å². The number of ketones is 1. The van der Waals surface area contributed by atoms with E-state index in [4.69, 9.17) is 14.2 Å². The molecule has 2 aromatic rings. The number of carbonyl (C=O) groups is 2. The van der Waals surface area contributed by atoms with Gasteiger partial charge in [0.2, 0.25) is 0 Å². The Kier molecular flexibility index (Phi) is 10.4. The third kappa shape index (κ3) is 9.55. The van der Waals surface area contributed by atoms with Crippen molar-refractivity contribution in [2.75, 3.05) is 6.61 Å². The Morgan fingerprint density at radius 3 is 2.00 bits per heavy atom. The first-order chi connectivity index (χ1) is 15.0. The number of benzene rings is 2. The third-order valence-electron chi connectivity index (χ3n) is 4.57. The summed E-state index contributed by atoms with van der Waals surface area (Å²) in [6.45, 7) is 5.55. The maximum Gasteiger partial charge on any atom is 0.303 e. The number of ether oxygens (including phenoxy) is 3. The van der Waals surface area contributed by atoms with E-state index in [1.807, 2.05) is 60.7 Å². The Morgan fingerprint density at radius 2 is 1.45 bits per heavy atom. The minimum absolute atomic E-state index is 0.00543. The van der Waals surface area contributed by atoms with Crippen LogP contribution < -0.4 is 0 Å². The van der Waals surface area contributed by atoms with Crippen LogP contribution in [-0.2, 0) is 37.0 Å². The lowest BCUT2D eigenvalue weighted by Crippen LogP contribution is -2.35. The number of allylic oxidation sites excluding steroid dienone is 3. The van der Waals surface area contributed by atoms with Crippen LogP contribution in [0.4, 0.5) is 0 Å². The van der Waals surface area contributed by atoms with Crippen molar-refractivity contribution in [3.05, 3.63) is 95.6 Å². The van der Waals surface area contributed by atoms with Crippen LogP contribution in [-0.4, -0.2) is 30.6 Å². The largest absolute Gasteiger partial charge is 0.457 e. The lowest BCUT2D eigenvalue weighted by atomic mass is 10.1. The number of esters is 1. The van der Waals surface area contributed by atoms with Crippen molar-refractivity contribution in [2.45, 2.75) is 46.2 Å². The molecule has 2 atom stereocenters. The van der Waals surface area contributed by atoms with Gasteiger partial charge in [-0.15, -0.1) is 0 Å². The molecule has 0 amide bonds. The zero-order chi connectivity index (χ0) is 22.5. The number of hydrogen-bond acceptors (Lipinski definition) is 5. The summed E-state index contributed by atoms with van der Waals surface area (Å²) in [5.41, 5.74) is 2.66. The average Bonchev–Trinajstić information content (AvgIpc) is 2.76. The molecule has 2 aromatic carbocycles. The van der Waals surface area contributed by atoms with Crippen molar-refractivity contribution in [2.24, 2.45) is 0 Å². The van der Waals surface area contributed by atoms with Gasteiger partial charge in [0, 0.05) is 6.92 Å². The molecule has 0 aliphatic rings. The molecule has 2 rings (SSSR count). The standard InChI is InChI=1S/C26H30O5/c1-20(21(2)27)11-10-16-25(30-18-24-14-8-5-9-15-24)26(31-22(3)28)19-29-17-23-12-6-4-7-13-23/h4-16,25-26H,17-19H2,1-3H3/b16-10+,20-11+/t25-,26+/m1/s1. The van der Waals surface area contributed by atoms with Gasteiger partial charge in [0.1, 0.15) is 6.10 Å². The predicted molar refractivity (Wildman–Crippen MR) is 120 cm³/mol. The van der Waals surface area contributed by atoms with E-state index in [0.29, 0.717) is 18.8 Å². The van der Waals surface area contributed by atoms with E-state index in [-0.39, 0.29) is 12.4 Å². The van der Waals surface area contributed by atoms with Crippen molar-refractivity contribution in [1.29, 1.82) is 0 Å². The maximum absolute atomic E-state index is 11.7. The minimum atomic E-state index is -0.632. The molecule has 0 spiro atoms.